The number of nitrogens with one attached hydrogen (secondary N) is 1. The predicted molar refractivity (Wildman–Crippen MR) is 111 cm³/mol. The van der Waals surface area contributed by atoms with Gasteiger partial charge >= 0.3 is 0 Å². The number of ether oxygens (including phenoxy) is 2. The first-order chi connectivity index (χ1) is 14.0. The minimum absolute atomic E-state index is 0.115. The van der Waals surface area contributed by atoms with E-state index in [1.54, 1.807) is 24.9 Å². The van der Waals surface area contributed by atoms with Crippen molar-refractivity contribution in [3.8, 4) is 11.5 Å². The number of amides is 2. The van der Waals surface area contributed by atoms with E-state index in [9.17, 15) is 9.59 Å². The van der Waals surface area contributed by atoms with Crippen LogP contribution in [0.25, 0.3) is 0 Å². The van der Waals surface area contributed by atoms with Gasteiger partial charge in [-0.1, -0.05) is 35.9 Å². The van der Waals surface area contributed by atoms with Crippen LogP contribution < -0.4 is 14.8 Å². The molecule has 0 aliphatic carbocycles. The minimum Gasteiger partial charge on any atom is -0.486 e. The van der Waals surface area contributed by atoms with Gasteiger partial charge in [0.05, 0.1) is 0 Å². The standard InChI is InChI=1S/C22H25ClN2O4/c1-15(22(27)24-2)25(14-17-5-3-4-6-18(17)23)21(26)10-8-16-7-9-19-20(13-16)29-12-11-28-19/h3-7,9,13,15H,8,10-12,14H2,1-2H3,(H,24,27)/t15-/m0/s1. The van der Waals surface area contributed by atoms with Crippen molar-refractivity contribution in [3.63, 3.8) is 0 Å². The van der Waals surface area contributed by atoms with Gasteiger partial charge in [0.1, 0.15) is 19.3 Å². The third-order valence-electron chi connectivity index (χ3n) is 4.95. The Balaban J connectivity index is 1.72. The fourth-order valence-electron chi connectivity index (χ4n) is 3.24. The lowest BCUT2D eigenvalue weighted by Gasteiger charge is -2.29. The highest BCUT2D eigenvalue weighted by Gasteiger charge is 2.26. The third kappa shape index (κ3) is 5.21. The van der Waals surface area contributed by atoms with Gasteiger partial charge in [-0.3, -0.25) is 9.59 Å². The topological polar surface area (TPSA) is 67.9 Å². The number of nitrogens with zero attached hydrogens (tertiary/aromatic N) is 1. The number of hydrogen-bond acceptors (Lipinski definition) is 4. The summed E-state index contributed by atoms with van der Waals surface area (Å²) < 4.78 is 11.1. The summed E-state index contributed by atoms with van der Waals surface area (Å²) in [5.74, 6) is 1.09. The Labute approximate surface area is 175 Å². The summed E-state index contributed by atoms with van der Waals surface area (Å²) >= 11 is 6.27. The zero-order chi connectivity index (χ0) is 20.8. The zero-order valence-corrected chi connectivity index (χ0v) is 17.4. The van der Waals surface area contributed by atoms with Crippen LogP contribution in [0.2, 0.25) is 5.02 Å². The van der Waals surface area contributed by atoms with Crippen LogP contribution in [-0.2, 0) is 22.6 Å². The van der Waals surface area contributed by atoms with Crippen molar-refractivity contribution >= 4 is 23.4 Å². The lowest BCUT2D eigenvalue weighted by Crippen LogP contribution is -2.46. The molecule has 0 unspecified atom stereocenters. The SMILES string of the molecule is CNC(=O)[C@H](C)N(Cc1ccccc1Cl)C(=O)CCc1ccc2c(c1)OCCO2. The quantitative estimate of drug-likeness (QED) is 0.752. The molecule has 6 nitrogen and oxygen atoms in total. The maximum absolute atomic E-state index is 13.0. The maximum atomic E-state index is 13.0. The van der Waals surface area contributed by atoms with Crippen molar-refractivity contribution in [2.75, 3.05) is 20.3 Å². The molecule has 2 amide bonds. The molecule has 0 fully saturated rings. The van der Waals surface area contributed by atoms with E-state index in [4.69, 9.17) is 21.1 Å². The molecule has 154 valence electrons. The van der Waals surface area contributed by atoms with Gasteiger partial charge in [-0.05, 0) is 42.7 Å². The summed E-state index contributed by atoms with van der Waals surface area (Å²) in [6, 6.07) is 12.4. The van der Waals surface area contributed by atoms with E-state index in [1.165, 1.54) is 0 Å². The molecule has 1 atom stereocenters. The van der Waals surface area contributed by atoms with E-state index in [1.807, 2.05) is 36.4 Å². The molecular formula is C22H25ClN2O4. The Kier molecular flexibility index (Phi) is 6.99. The monoisotopic (exact) mass is 416 g/mol. The largest absolute Gasteiger partial charge is 0.486 e. The molecule has 0 saturated heterocycles. The number of fused-ring (bicyclic) bond motifs is 1. The second kappa shape index (κ2) is 9.65. The highest BCUT2D eigenvalue weighted by Crippen LogP contribution is 2.31. The van der Waals surface area contributed by atoms with Crippen molar-refractivity contribution in [1.82, 2.24) is 10.2 Å². The first-order valence-electron chi connectivity index (χ1n) is 9.62. The molecule has 2 aromatic rings. The normalized spacial score (nSPS) is 13.5. The molecule has 2 aromatic carbocycles. The summed E-state index contributed by atoms with van der Waals surface area (Å²) in [6.07, 6.45) is 0.806. The van der Waals surface area contributed by atoms with Crippen LogP contribution in [-0.4, -0.2) is 43.0 Å². The number of likely N-dealkylation sites (N-methyl/N-ethyl adjacent to an activating group) is 1. The molecule has 0 spiro atoms. The second-order valence-electron chi connectivity index (χ2n) is 6.88. The fraction of sp³-hybridized carbons (Fsp3) is 0.364. The van der Waals surface area contributed by atoms with Crippen LogP contribution in [0.4, 0.5) is 0 Å². The van der Waals surface area contributed by atoms with Gasteiger partial charge in [-0.15, -0.1) is 0 Å². The Morgan fingerprint density at radius 3 is 2.59 bits per heavy atom. The molecule has 0 bridgehead atoms. The summed E-state index contributed by atoms with van der Waals surface area (Å²) in [5.41, 5.74) is 1.78. The number of rotatable bonds is 7. The van der Waals surface area contributed by atoms with Gasteiger partial charge < -0.3 is 19.7 Å². The average molecular weight is 417 g/mol. The van der Waals surface area contributed by atoms with Crippen LogP contribution in [0.5, 0.6) is 11.5 Å². The number of benzene rings is 2. The predicted octanol–water partition coefficient (Wildman–Crippen LogP) is 3.21. The minimum atomic E-state index is -0.607. The van der Waals surface area contributed by atoms with Crippen LogP contribution in [0.1, 0.15) is 24.5 Å². The van der Waals surface area contributed by atoms with E-state index in [0.29, 0.717) is 30.4 Å². The van der Waals surface area contributed by atoms with Crippen molar-refractivity contribution < 1.29 is 19.1 Å². The van der Waals surface area contributed by atoms with Crippen molar-refractivity contribution in [2.24, 2.45) is 0 Å². The highest BCUT2D eigenvalue weighted by atomic mass is 35.5. The van der Waals surface area contributed by atoms with Gasteiger partial charge in [0.25, 0.3) is 0 Å². The van der Waals surface area contributed by atoms with Gasteiger partial charge in [0.15, 0.2) is 11.5 Å². The lowest BCUT2D eigenvalue weighted by atomic mass is 10.1. The number of carbonyl (C=O) groups excluding carboxylic acids is 2. The van der Waals surface area contributed by atoms with E-state index in [2.05, 4.69) is 5.32 Å². The number of carbonyl (C=O) groups is 2. The smallest absolute Gasteiger partial charge is 0.242 e. The molecule has 1 aliphatic heterocycles. The lowest BCUT2D eigenvalue weighted by molar-refractivity contribution is -0.140. The number of halogens is 1. The van der Waals surface area contributed by atoms with Gasteiger partial charge in [0, 0.05) is 25.0 Å². The summed E-state index contributed by atoms with van der Waals surface area (Å²) in [5, 5.41) is 3.18. The Morgan fingerprint density at radius 2 is 1.86 bits per heavy atom. The second-order valence-corrected chi connectivity index (χ2v) is 7.29. The molecule has 1 N–H and O–H groups in total. The molecule has 0 saturated carbocycles. The fourth-order valence-corrected chi connectivity index (χ4v) is 3.44. The van der Waals surface area contributed by atoms with Crippen LogP contribution in [0.15, 0.2) is 42.5 Å². The molecule has 29 heavy (non-hydrogen) atoms. The molecular weight excluding hydrogens is 392 g/mol. The van der Waals surface area contributed by atoms with Crippen molar-refractivity contribution in [2.45, 2.75) is 32.4 Å². The Bertz CT molecular complexity index is 887. The first-order valence-corrected chi connectivity index (χ1v) is 10.0. The molecule has 0 aromatic heterocycles. The van der Waals surface area contributed by atoms with E-state index in [-0.39, 0.29) is 24.8 Å². The van der Waals surface area contributed by atoms with Crippen molar-refractivity contribution in [3.05, 3.63) is 58.6 Å². The Morgan fingerprint density at radius 1 is 1.14 bits per heavy atom. The number of hydrogen-bond donors (Lipinski definition) is 1. The summed E-state index contributed by atoms with van der Waals surface area (Å²) in [6.45, 7) is 3.05. The molecule has 0 radical (unpaired) electrons. The Hall–Kier alpha value is -2.73. The molecule has 7 heteroatoms. The van der Waals surface area contributed by atoms with E-state index in [0.717, 1.165) is 16.9 Å². The van der Waals surface area contributed by atoms with Gasteiger partial charge in [-0.2, -0.15) is 0 Å². The number of aryl methyl sites for hydroxylation is 1. The molecule has 3 rings (SSSR count). The van der Waals surface area contributed by atoms with Crippen LogP contribution in [0, 0.1) is 0 Å². The van der Waals surface area contributed by atoms with Crippen LogP contribution in [0.3, 0.4) is 0 Å². The maximum Gasteiger partial charge on any atom is 0.242 e. The molecule has 1 aliphatic rings. The van der Waals surface area contributed by atoms with E-state index < -0.39 is 6.04 Å². The van der Waals surface area contributed by atoms with Gasteiger partial charge in [0.2, 0.25) is 11.8 Å². The van der Waals surface area contributed by atoms with E-state index >= 15 is 0 Å². The third-order valence-corrected chi connectivity index (χ3v) is 5.32. The first kappa shape index (κ1) is 21.0. The highest BCUT2D eigenvalue weighted by molar-refractivity contribution is 6.31. The van der Waals surface area contributed by atoms with Gasteiger partial charge in [-0.25, -0.2) is 0 Å². The summed E-state index contributed by atoms with van der Waals surface area (Å²) in [4.78, 5) is 26.8. The van der Waals surface area contributed by atoms with Crippen LogP contribution >= 0.6 is 11.6 Å². The summed E-state index contributed by atoms with van der Waals surface area (Å²) in [7, 11) is 1.56. The zero-order valence-electron chi connectivity index (χ0n) is 16.6. The average Bonchev–Trinajstić information content (AvgIpc) is 2.75. The van der Waals surface area contributed by atoms with Crippen molar-refractivity contribution in [1.29, 1.82) is 0 Å². The molecule has 1 heterocycles.